The molecule has 0 unspecified atom stereocenters. The van der Waals surface area contributed by atoms with Crippen molar-refractivity contribution in [2.45, 2.75) is 27.7 Å². The van der Waals surface area contributed by atoms with Crippen molar-refractivity contribution >= 4 is 5.97 Å². The first-order chi connectivity index (χ1) is 5.95. The van der Waals surface area contributed by atoms with E-state index in [1.54, 1.807) is 27.7 Å². The van der Waals surface area contributed by atoms with Crippen LogP contribution in [0.1, 0.15) is 27.7 Å². The number of allylic oxidation sites excluding steroid dienone is 1. The maximum Gasteiger partial charge on any atom is 0.328 e. The van der Waals surface area contributed by atoms with Gasteiger partial charge in [0.15, 0.2) is 0 Å². The monoisotopic (exact) mass is 192 g/mol. The summed E-state index contributed by atoms with van der Waals surface area (Å²) >= 11 is 0. The summed E-state index contributed by atoms with van der Waals surface area (Å²) in [7, 11) is 0. The molecule has 0 aromatic heterocycles. The maximum absolute atomic E-state index is 9.73. The fraction of sp³-hybridized carbons (Fsp3) is 0.667. The molecule has 0 saturated carbocycles. The second kappa shape index (κ2) is 17.3. The molecular formula is C9H20O4. The summed E-state index contributed by atoms with van der Waals surface area (Å²) in [4.78, 5) is 9.73. The first-order valence-corrected chi connectivity index (χ1v) is 4.05. The van der Waals surface area contributed by atoms with Gasteiger partial charge in [0.1, 0.15) is 0 Å². The lowest BCUT2D eigenvalue weighted by atomic mass is 10.3. The fourth-order valence-electron chi connectivity index (χ4n) is 0.247. The lowest BCUT2D eigenvalue weighted by molar-refractivity contribution is -0.131. The van der Waals surface area contributed by atoms with Crippen LogP contribution >= 0.6 is 0 Å². The molecule has 80 valence electrons. The molecule has 0 amide bonds. The predicted octanol–water partition coefficient (Wildman–Crippen LogP) is 1.03. The van der Waals surface area contributed by atoms with Gasteiger partial charge in [0.05, 0.1) is 0 Å². The van der Waals surface area contributed by atoms with Crippen LogP contribution in [0.2, 0.25) is 0 Å². The minimum Gasteiger partial charge on any atom is -0.478 e. The fourth-order valence-corrected chi connectivity index (χ4v) is 0.247. The van der Waals surface area contributed by atoms with E-state index in [1.807, 2.05) is 0 Å². The number of aliphatic carboxylic acids is 1. The highest BCUT2D eigenvalue weighted by atomic mass is 16.4. The van der Waals surface area contributed by atoms with Crippen molar-refractivity contribution in [3.63, 3.8) is 0 Å². The summed E-state index contributed by atoms with van der Waals surface area (Å²) in [5.41, 5.74) is 0.813. The van der Waals surface area contributed by atoms with Gasteiger partial charge < -0.3 is 15.3 Å². The van der Waals surface area contributed by atoms with Gasteiger partial charge in [-0.3, -0.25) is 0 Å². The van der Waals surface area contributed by atoms with Crippen molar-refractivity contribution in [1.82, 2.24) is 0 Å². The Balaban J connectivity index is -0.000000140. The van der Waals surface area contributed by atoms with Crippen molar-refractivity contribution in [2.75, 3.05) is 13.2 Å². The van der Waals surface area contributed by atoms with Crippen LogP contribution in [0, 0.1) is 0 Å². The van der Waals surface area contributed by atoms with Gasteiger partial charge in [-0.15, -0.1) is 0 Å². The first-order valence-electron chi connectivity index (χ1n) is 4.05. The number of carboxylic acid groups (broad SMARTS) is 1. The van der Waals surface area contributed by atoms with Gasteiger partial charge in [-0.2, -0.15) is 0 Å². The summed E-state index contributed by atoms with van der Waals surface area (Å²) in [5, 5.41) is 23.1. The van der Waals surface area contributed by atoms with E-state index >= 15 is 0 Å². The quantitative estimate of drug-likeness (QED) is 0.542. The molecule has 0 heterocycles. The third-order valence-electron chi connectivity index (χ3n) is 0.412. The SMILES string of the molecule is CC(C)=CC(=O)O.CCO.CCO. The number of hydrogen-bond acceptors (Lipinski definition) is 3. The van der Waals surface area contributed by atoms with Crippen molar-refractivity contribution in [3.8, 4) is 0 Å². The van der Waals surface area contributed by atoms with Crippen LogP contribution in [0.4, 0.5) is 0 Å². The zero-order valence-corrected chi connectivity index (χ0v) is 8.74. The van der Waals surface area contributed by atoms with Crippen molar-refractivity contribution < 1.29 is 20.1 Å². The van der Waals surface area contributed by atoms with Crippen LogP contribution in [0.3, 0.4) is 0 Å². The predicted molar refractivity (Wildman–Crippen MR) is 52.6 cm³/mol. The third kappa shape index (κ3) is 94.7. The minimum atomic E-state index is -0.875. The van der Waals surface area contributed by atoms with E-state index in [0.29, 0.717) is 0 Å². The van der Waals surface area contributed by atoms with Crippen LogP contribution in [0.25, 0.3) is 0 Å². The molecule has 0 saturated heterocycles. The van der Waals surface area contributed by atoms with Gasteiger partial charge >= 0.3 is 5.97 Å². The van der Waals surface area contributed by atoms with Crippen LogP contribution in [-0.4, -0.2) is 34.5 Å². The zero-order valence-electron chi connectivity index (χ0n) is 8.74. The number of aliphatic hydroxyl groups is 2. The molecular weight excluding hydrogens is 172 g/mol. The van der Waals surface area contributed by atoms with Gasteiger partial charge in [0.2, 0.25) is 0 Å². The Bertz CT molecular complexity index is 124. The number of hydrogen-bond donors (Lipinski definition) is 3. The molecule has 4 heteroatoms. The van der Waals surface area contributed by atoms with E-state index in [2.05, 4.69) is 0 Å². The van der Waals surface area contributed by atoms with Gasteiger partial charge in [-0.05, 0) is 27.7 Å². The first kappa shape index (κ1) is 18.0. The second-order valence-electron chi connectivity index (χ2n) is 2.19. The molecule has 0 bridgehead atoms. The highest BCUT2D eigenvalue weighted by molar-refractivity contribution is 5.80. The van der Waals surface area contributed by atoms with E-state index in [1.165, 1.54) is 6.08 Å². The summed E-state index contributed by atoms with van der Waals surface area (Å²) in [6.45, 7) is 7.35. The summed E-state index contributed by atoms with van der Waals surface area (Å²) in [6, 6.07) is 0. The summed E-state index contributed by atoms with van der Waals surface area (Å²) in [6.07, 6.45) is 1.17. The molecule has 0 aliphatic rings. The van der Waals surface area contributed by atoms with E-state index in [4.69, 9.17) is 15.3 Å². The van der Waals surface area contributed by atoms with E-state index in [9.17, 15) is 4.79 Å². The topological polar surface area (TPSA) is 77.8 Å². The molecule has 3 N–H and O–H groups in total. The van der Waals surface area contributed by atoms with Crippen molar-refractivity contribution in [3.05, 3.63) is 11.6 Å². The largest absolute Gasteiger partial charge is 0.478 e. The van der Waals surface area contributed by atoms with Crippen LogP contribution in [0.5, 0.6) is 0 Å². The Hall–Kier alpha value is -0.870. The van der Waals surface area contributed by atoms with Gasteiger partial charge in [-0.25, -0.2) is 4.79 Å². The summed E-state index contributed by atoms with van der Waals surface area (Å²) in [5.74, 6) is -0.875. The van der Waals surface area contributed by atoms with Crippen LogP contribution < -0.4 is 0 Å². The Morgan fingerprint density at radius 3 is 1.38 bits per heavy atom. The minimum absolute atomic E-state index is 0.250. The average molecular weight is 192 g/mol. The molecule has 4 nitrogen and oxygen atoms in total. The van der Waals surface area contributed by atoms with Gasteiger partial charge in [-0.1, -0.05) is 5.57 Å². The highest BCUT2D eigenvalue weighted by Crippen LogP contribution is 1.85. The Morgan fingerprint density at radius 1 is 1.15 bits per heavy atom. The molecule has 0 aliphatic carbocycles. The van der Waals surface area contributed by atoms with Gasteiger partial charge in [0, 0.05) is 19.3 Å². The molecule has 0 spiro atoms. The molecule has 0 aromatic carbocycles. The normalized spacial score (nSPS) is 6.92. The number of carbonyl (C=O) groups is 1. The second-order valence-corrected chi connectivity index (χ2v) is 2.19. The Kier molecular flexibility index (Phi) is 24.0. The molecule has 0 rings (SSSR count). The van der Waals surface area contributed by atoms with Crippen molar-refractivity contribution in [1.29, 1.82) is 0 Å². The lowest BCUT2D eigenvalue weighted by Crippen LogP contribution is -1.86. The standard InChI is InChI=1S/C5H8O2.2C2H6O/c1-4(2)3-5(6)7;2*1-2-3/h3H,1-2H3,(H,6,7);2*3H,2H2,1H3. The smallest absolute Gasteiger partial charge is 0.328 e. The lowest BCUT2D eigenvalue weighted by Gasteiger charge is -1.79. The number of aliphatic hydroxyl groups excluding tert-OH is 2. The Morgan fingerprint density at radius 2 is 1.38 bits per heavy atom. The number of carboxylic acids is 1. The molecule has 0 fully saturated rings. The number of rotatable bonds is 1. The highest BCUT2D eigenvalue weighted by Gasteiger charge is 1.83. The van der Waals surface area contributed by atoms with Gasteiger partial charge in [0.25, 0.3) is 0 Å². The average Bonchev–Trinajstić information content (AvgIpc) is 1.86. The Labute approximate surface area is 79.5 Å². The molecule has 0 atom stereocenters. The molecule has 0 aromatic rings. The van der Waals surface area contributed by atoms with E-state index in [-0.39, 0.29) is 13.2 Å². The summed E-state index contributed by atoms with van der Waals surface area (Å²) < 4.78 is 0. The van der Waals surface area contributed by atoms with E-state index < -0.39 is 5.97 Å². The van der Waals surface area contributed by atoms with Crippen molar-refractivity contribution in [2.24, 2.45) is 0 Å². The third-order valence-corrected chi connectivity index (χ3v) is 0.412. The zero-order chi connectivity index (χ0) is 11.3. The molecule has 0 aliphatic heterocycles. The molecule has 0 radical (unpaired) electrons. The molecule has 13 heavy (non-hydrogen) atoms. The maximum atomic E-state index is 9.73. The van der Waals surface area contributed by atoms with E-state index in [0.717, 1.165) is 5.57 Å². The van der Waals surface area contributed by atoms with Crippen LogP contribution in [0.15, 0.2) is 11.6 Å². The van der Waals surface area contributed by atoms with Crippen LogP contribution in [-0.2, 0) is 4.79 Å².